The Labute approximate surface area is 127 Å². The maximum absolute atomic E-state index is 11.9. The number of carboxylic acids is 1. The van der Waals surface area contributed by atoms with Gasteiger partial charge in [-0.3, -0.25) is 14.4 Å². The topological polar surface area (TPSA) is 142 Å². The van der Waals surface area contributed by atoms with Crippen molar-refractivity contribution in [3.8, 4) is 0 Å². The fourth-order valence-electron chi connectivity index (χ4n) is 1.72. The highest BCUT2D eigenvalue weighted by Crippen LogP contribution is 2.02. The van der Waals surface area contributed by atoms with Crippen LogP contribution in [0.4, 0.5) is 0 Å². The third kappa shape index (κ3) is 5.90. The number of aliphatic carboxylic acids is 1. The summed E-state index contributed by atoms with van der Waals surface area (Å²) >= 11 is 0. The molecule has 0 heterocycles. The molecule has 0 fully saturated rings. The lowest BCUT2D eigenvalue weighted by Gasteiger charge is -2.18. The molecule has 2 amide bonds. The van der Waals surface area contributed by atoms with Gasteiger partial charge in [-0.05, 0) is 12.0 Å². The molecule has 1 aromatic carbocycles. The van der Waals surface area contributed by atoms with E-state index in [-0.39, 0.29) is 6.42 Å². The molecule has 2 atom stereocenters. The van der Waals surface area contributed by atoms with Crippen LogP contribution in [0.3, 0.4) is 0 Å². The molecular formula is C14H19N3O5. The fraction of sp³-hybridized carbons (Fsp3) is 0.357. The van der Waals surface area contributed by atoms with Crippen LogP contribution >= 0.6 is 0 Å². The second-order valence-electron chi connectivity index (χ2n) is 4.65. The molecular weight excluding hydrogens is 290 g/mol. The molecule has 8 nitrogen and oxygen atoms in total. The average Bonchev–Trinajstić information content (AvgIpc) is 2.50. The predicted octanol–water partition coefficient (Wildman–Crippen LogP) is -1.77. The Bertz CT molecular complexity index is 520. The van der Waals surface area contributed by atoms with Crippen molar-refractivity contribution < 1.29 is 24.6 Å². The summed E-state index contributed by atoms with van der Waals surface area (Å²) in [7, 11) is 0. The summed E-state index contributed by atoms with van der Waals surface area (Å²) in [5, 5.41) is 21.9. The van der Waals surface area contributed by atoms with E-state index in [0.717, 1.165) is 5.56 Å². The molecule has 1 aromatic rings. The van der Waals surface area contributed by atoms with E-state index in [9.17, 15) is 14.4 Å². The van der Waals surface area contributed by atoms with Gasteiger partial charge in [-0.25, -0.2) is 0 Å². The van der Waals surface area contributed by atoms with Gasteiger partial charge in [-0.2, -0.15) is 0 Å². The second kappa shape index (κ2) is 8.75. The molecule has 0 saturated heterocycles. The van der Waals surface area contributed by atoms with Crippen molar-refractivity contribution in [1.29, 1.82) is 0 Å². The Morgan fingerprint density at radius 3 is 2.32 bits per heavy atom. The highest BCUT2D eigenvalue weighted by atomic mass is 16.4. The molecule has 8 heteroatoms. The maximum Gasteiger partial charge on any atom is 0.322 e. The van der Waals surface area contributed by atoms with Crippen molar-refractivity contribution in [2.45, 2.75) is 18.5 Å². The summed E-state index contributed by atoms with van der Waals surface area (Å²) in [6.07, 6.45) is 0.279. The lowest BCUT2D eigenvalue weighted by Crippen LogP contribution is -2.54. The predicted molar refractivity (Wildman–Crippen MR) is 77.8 cm³/mol. The first-order valence-corrected chi connectivity index (χ1v) is 6.64. The van der Waals surface area contributed by atoms with Crippen LogP contribution in [0.2, 0.25) is 0 Å². The van der Waals surface area contributed by atoms with Gasteiger partial charge in [-0.15, -0.1) is 0 Å². The van der Waals surface area contributed by atoms with Gasteiger partial charge < -0.3 is 26.6 Å². The Kier molecular flexibility index (Phi) is 7.00. The zero-order valence-electron chi connectivity index (χ0n) is 11.9. The first-order valence-electron chi connectivity index (χ1n) is 6.64. The number of carbonyl (C=O) groups excluding carboxylic acids is 2. The summed E-state index contributed by atoms with van der Waals surface area (Å²) in [6.45, 7) is -1.25. The number of nitrogens with two attached hydrogens (primary N) is 1. The minimum atomic E-state index is -1.24. The zero-order chi connectivity index (χ0) is 16.5. The first kappa shape index (κ1) is 17.6. The van der Waals surface area contributed by atoms with Crippen molar-refractivity contribution in [2.24, 2.45) is 5.73 Å². The SMILES string of the molecule is N[C@@H](Cc1ccccc1)C(=O)N[C@@H](CO)C(=O)NCC(=O)O. The summed E-state index contributed by atoms with van der Waals surface area (Å²) in [4.78, 5) is 33.9. The van der Waals surface area contributed by atoms with E-state index in [1.807, 2.05) is 30.3 Å². The van der Waals surface area contributed by atoms with Gasteiger partial charge in [0.2, 0.25) is 11.8 Å². The number of carboxylic acid groups (broad SMARTS) is 1. The standard InChI is InChI=1S/C14H19N3O5/c15-10(6-9-4-2-1-3-5-9)13(21)17-11(8-18)14(22)16-7-12(19)20/h1-5,10-11,18H,6-8,15H2,(H,16,22)(H,17,21)(H,19,20)/t10-,11-/m0/s1. The van der Waals surface area contributed by atoms with Gasteiger partial charge >= 0.3 is 5.97 Å². The van der Waals surface area contributed by atoms with Gasteiger partial charge in [0.15, 0.2) is 0 Å². The Balaban J connectivity index is 2.53. The number of aliphatic hydroxyl groups excluding tert-OH is 1. The molecule has 22 heavy (non-hydrogen) atoms. The molecule has 0 bridgehead atoms. The summed E-state index contributed by atoms with van der Waals surface area (Å²) in [5.74, 6) is -2.62. The third-order valence-corrected chi connectivity index (χ3v) is 2.86. The number of nitrogens with one attached hydrogen (secondary N) is 2. The lowest BCUT2D eigenvalue weighted by atomic mass is 10.1. The van der Waals surface area contributed by atoms with Gasteiger partial charge in [-0.1, -0.05) is 30.3 Å². The van der Waals surface area contributed by atoms with Crippen LogP contribution < -0.4 is 16.4 Å². The highest BCUT2D eigenvalue weighted by molar-refractivity contribution is 5.91. The van der Waals surface area contributed by atoms with Crippen LogP contribution in [-0.4, -0.2) is 53.2 Å². The molecule has 1 rings (SSSR count). The molecule has 0 saturated carbocycles. The van der Waals surface area contributed by atoms with Gasteiger partial charge in [0.25, 0.3) is 0 Å². The number of rotatable bonds is 8. The van der Waals surface area contributed by atoms with E-state index in [1.165, 1.54) is 0 Å². The quantitative estimate of drug-likeness (QED) is 0.385. The molecule has 0 aromatic heterocycles. The number of benzene rings is 1. The largest absolute Gasteiger partial charge is 0.480 e. The molecule has 0 aliphatic rings. The number of aliphatic hydroxyl groups is 1. The Morgan fingerprint density at radius 2 is 1.77 bits per heavy atom. The average molecular weight is 309 g/mol. The van der Waals surface area contributed by atoms with Crippen LogP contribution in [-0.2, 0) is 20.8 Å². The molecule has 0 aliphatic carbocycles. The van der Waals surface area contributed by atoms with Crippen LogP contribution in [0.5, 0.6) is 0 Å². The molecule has 0 aliphatic heterocycles. The molecule has 0 unspecified atom stereocenters. The minimum absolute atomic E-state index is 0.279. The third-order valence-electron chi connectivity index (χ3n) is 2.86. The lowest BCUT2D eigenvalue weighted by molar-refractivity contribution is -0.138. The van der Waals surface area contributed by atoms with Crippen molar-refractivity contribution in [1.82, 2.24) is 10.6 Å². The normalized spacial score (nSPS) is 13.0. The summed E-state index contributed by atoms with van der Waals surface area (Å²) < 4.78 is 0. The van der Waals surface area contributed by atoms with E-state index in [4.69, 9.17) is 15.9 Å². The van der Waals surface area contributed by atoms with Gasteiger partial charge in [0.1, 0.15) is 12.6 Å². The molecule has 0 spiro atoms. The van der Waals surface area contributed by atoms with Crippen molar-refractivity contribution in [3.05, 3.63) is 35.9 Å². The Morgan fingerprint density at radius 1 is 1.14 bits per heavy atom. The highest BCUT2D eigenvalue weighted by Gasteiger charge is 2.23. The zero-order valence-corrected chi connectivity index (χ0v) is 11.9. The second-order valence-corrected chi connectivity index (χ2v) is 4.65. The van der Waals surface area contributed by atoms with Crippen LogP contribution in [0.15, 0.2) is 30.3 Å². The number of hydrogen-bond donors (Lipinski definition) is 5. The van der Waals surface area contributed by atoms with E-state index in [0.29, 0.717) is 0 Å². The number of carbonyl (C=O) groups is 3. The van der Waals surface area contributed by atoms with E-state index >= 15 is 0 Å². The molecule has 6 N–H and O–H groups in total. The van der Waals surface area contributed by atoms with Crippen molar-refractivity contribution >= 4 is 17.8 Å². The van der Waals surface area contributed by atoms with Gasteiger partial charge in [0, 0.05) is 0 Å². The van der Waals surface area contributed by atoms with E-state index in [2.05, 4.69) is 10.6 Å². The smallest absolute Gasteiger partial charge is 0.322 e. The molecule has 0 radical (unpaired) electrons. The minimum Gasteiger partial charge on any atom is -0.480 e. The van der Waals surface area contributed by atoms with Crippen LogP contribution in [0, 0.1) is 0 Å². The van der Waals surface area contributed by atoms with Crippen molar-refractivity contribution in [2.75, 3.05) is 13.2 Å². The van der Waals surface area contributed by atoms with E-state index in [1.54, 1.807) is 0 Å². The summed E-state index contributed by atoms with van der Waals surface area (Å²) in [5.41, 5.74) is 6.62. The van der Waals surface area contributed by atoms with Gasteiger partial charge in [0.05, 0.1) is 12.6 Å². The van der Waals surface area contributed by atoms with Crippen LogP contribution in [0.1, 0.15) is 5.56 Å². The number of amides is 2. The maximum atomic E-state index is 11.9. The fourth-order valence-corrected chi connectivity index (χ4v) is 1.72. The number of hydrogen-bond acceptors (Lipinski definition) is 5. The Hall–Kier alpha value is -2.45. The van der Waals surface area contributed by atoms with E-state index < -0.39 is 43.0 Å². The molecule has 120 valence electrons. The van der Waals surface area contributed by atoms with Crippen molar-refractivity contribution in [3.63, 3.8) is 0 Å². The summed E-state index contributed by atoms with van der Waals surface area (Å²) in [6, 6.07) is 6.97. The monoisotopic (exact) mass is 309 g/mol. The van der Waals surface area contributed by atoms with Crippen LogP contribution in [0.25, 0.3) is 0 Å². The first-order chi connectivity index (χ1) is 10.4.